The minimum Gasteiger partial charge on any atom is -0.346 e. The third-order valence-electron chi connectivity index (χ3n) is 6.63. The fraction of sp³-hybridized carbons (Fsp3) is 0.462. The van der Waals surface area contributed by atoms with Crippen molar-refractivity contribution in [3.05, 3.63) is 58.7 Å². The summed E-state index contributed by atoms with van der Waals surface area (Å²) in [4.78, 5) is 38.5. The van der Waals surface area contributed by atoms with Gasteiger partial charge >= 0.3 is 6.18 Å². The first kappa shape index (κ1) is 27.3. The van der Waals surface area contributed by atoms with Crippen LogP contribution in [0.15, 0.2) is 41.6 Å². The lowest BCUT2D eigenvalue weighted by molar-refractivity contribution is -0.139. The Morgan fingerprint density at radius 1 is 1.13 bits per heavy atom. The fourth-order valence-corrected chi connectivity index (χ4v) is 4.34. The van der Waals surface area contributed by atoms with Crippen molar-refractivity contribution in [2.45, 2.75) is 64.2 Å². The molecule has 1 aromatic heterocycles. The number of nitrogens with zero attached hydrogens (tertiary/aromatic N) is 2. The first-order valence-corrected chi connectivity index (χ1v) is 12.5. The highest BCUT2D eigenvalue weighted by Crippen LogP contribution is 2.46. The van der Waals surface area contributed by atoms with Gasteiger partial charge in [0, 0.05) is 12.7 Å². The Hall–Kier alpha value is -3.70. The third-order valence-corrected chi connectivity index (χ3v) is 6.63. The molecule has 2 aromatic rings. The summed E-state index contributed by atoms with van der Waals surface area (Å²) < 4.78 is 53.7. The lowest BCUT2D eigenvalue weighted by Crippen LogP contribution is -2.46. The summed E-state index contributed by atoms with van der Waals surface area (Å²) >= 11 is 0. The number of hydrogen-bond acceptors (Lipinski definition) is 4. The molecule has 1 heterocycles. The van der Waals surface area contributed by atoms with Gasteiger partial charge in [0.15, 0.2) is 0 Å². The van der Waals surface area contributed by atoms with Gasteiger partial charge in [-0.15, -0.1) is 0 Å². The van der Waals surface area contributed by atoms with Crippen LogP contribution >= 0.6 is 0 Å². The summed E-state index contributed by atoms with van der Waals surface area (Å²) in [6.07, 6.45) is 0.429. The molecule has 8 nitrogen and oxygen atoms in total. The number of rotatable bonds is 10. The summed E-state index contributed by atoms with van der Waals surface area (Å²) in [5, 5.41) is 11.2. The predicted molar refractivity (Wildman–Crippen MR) is 131 cm³/mol. The lowest BCUT2D eigenvalue weighted by Gasteiger charge is -2.22. The van der Waals surface area contributed by atoms with E-state index >= 15 is 0 Å². The van der Waals surface area contributed by atoms with Gasteiger partial charge in [-0.1, -0.05) is 11.6 Å². The fourth-order valence-electron chi connectivity index (χ4n) is 4.34. The maximum absolute atomic E-state index is 15.0. The van der Waals surface area contributed by atoms with Gasteiger partial charge in [0.1, 0.15) is 24.1 Å². The number of aryl methyl sites for hydroxylation is 1. The van der Waals surface area contributed by atoms with E-state index in [0.717, 1.165) is 42.9 Å². The van der Waals surface area contributed by atoms with Crippen LogP contribution in [0.5, 0.6) is 0 Å². The molecule has 2 atom stereocenters. The van der Waals surface area contributed by atoms with Crippen LogP contribution in [0.4, 0.5) is 23.2 Å². The second-order valence-electron chi connectivity index (χ2n) is 9.56. The Bertz CT molecular complexity index is 1260. The molecule has 12 heteroatoms. The van der Waals surface area contributed by atoms with Crippen molar-refractivity contribution in [2.24, 2.45) is 5.92 Å². The van der Waals surface area contributed by atoms with E-state index in [-0.39, 0.29) is 17.2 Å². The van der Waals surface area contributed by atoms with E-state index in [1.165, 1.54) is 29.9 Å². The molecule has 0 radical (unpaired) electrons. The first-order valence-electron chi connectivity index (χ1n) is 12.5. The summed E-state index contributed by atoms with van der Waals surface area (Å²) in [5.41, 5.74) is 2.26. The number of carbonyl (C=O) groups is 3. The number of halogens is 4. The Morgan fingerprint density at radius 3 is 2.42 bits per heavy atom. The van der Waals surface area contributed by atoms with E-state index in [4.69, 9.17) is 0 Å². The monoisotopic (exact) mass is 535 g/mol. The summed E-state index contributed by atoms with van der Waals surface area (Å²) in [6, 6.07) is 4.17. The van der Waals surface area contributed by atoms with Crippen molar-refractivity contribution < 1.29 is 31.9 Å². The van der Waals surface area contributed by atoms with Crippen molar-refractivity contribution in [3.63, 3.8) is 0 Å². The quantitative estimate of drug-likeness (QED) is 0.315. The van der Waals surface area contributed by atoms with E-state index in [1.54, 1.807) is 11.4 Å². The van der Waals surface area contributed by atoms with Crippen molar-refractivity contribution >= 4 is 23.4 Å². The lowest BCUT2D eigenvalue weighted by atomic mass is 9.98. The highest BCUT2D eigenvalue weighted by atomic mass is 19.4. The first-order chi connectivity index (χ1) is 18.0. The summed E-state index contributed by atoms with van der Waals surface area (Å²) in [5.74, 6) is -3.70. The van der Waals surface area contributed by atoms with E-state index in [0.29, 0.717) is 12.2 Å². The van der Waals surface area contributed by atoms with E-state index in [9.17, 15) is 31.9 Å². The van der Waals surface area contributed by atoms with Crippen LogP contribution in [0.1, 0.15) is 61.5 Å². The molecule has 0 bridgehead atoms. The predicted octanol–water partition coefficient (Wildman–Crippen LogP) is 4.06. The largest absolute Gasteiger partial charge is 0.405 e. The zero-order chi connectivity index (χ0) is 27.6. The maximum atomic E-state index is 15.0. The van der Waals surface area contributed by atoms with Gasteiger partial charge in [-0.2, -0.15) is 18.3 Å². The topological polar surface area (TPSA) is 105 Å². The molecule has 0 aliphatic heterocycles. The minimum atomic E-state index is -4.56. The van der Waals surface area contributed by atoms with Gasteiger partial charge in [0.2, 0.25) is 5.91 Å². The molecule has 3 amide bonds. The van der Waals surface area contributed by atoms with Crippen LogP contribution in [-0.2, 0) is 16.1 Å². The minimum absolute atomic E-state index is 0.150. The molecule has 38 heavy (non-hydrogen) atoms. The number of hydrogen-bond donors (Lipinski definition) is 3. The number of anilines is 1. The number of alkyl halides is 3. The maximum Gasteiger partial charge on any atom is 0.405 e. The SMILES string of the molecule is CCn1nccc1C(=O)N[C@H](C(=O)Nc1ccc([C@H](C)C(=O)NCC(F)(F)F)cc1F)C(=C1CC1)C1CC1. The van der Waals surface area contributed by atoms with Gasteiger partial charge in [0.25, 0.3) is 11.8 Å². The highest BCUT2D eigenvalue weighted by molar-refractivity contribution is 6.02. The molecule has 204 valence electrons. The zero-order valence-electron chi connectivity index (χ0n) is 21.0. The summed E-state index contributed by atoms with van der Waals surface area (Å²) in [6.45, 7) is 2.17. The molecule has 3 N–H and O–H groups in total. The van der Waals surface area contributed by atoms with Crippen molar-refractivity contribution in [3.8, 4) is 0 Å². The van der Waals surface area contributed by atoms with Crippen LogP contribution in [0.3, 0.4) is 0 Å². The van der Waals surface area contributed by atoms with Crippen LogP contribution < -0.4 is 16.0 Å². The number of nitrogens with one attached hydrogen (secondary N) is 3. The Morgan fingerprint density at radius 2 is 1.84 bits per heavy atom. The molecule has 1 aromatic carbocycles. The Labute approximate surface area is 216 Å². The molecule has 0 saturated heterocycles. The van der Waals surface area contributed by atoms with Gasteiger partial charge in [-0.3, -0.25) is 19.1 Å². The highest BCUT2D eigenvalue weighted by Gasteiger charge is 2.40. The molecule has 2 fully saturated rings. The van der Waals surface area contributed by atoms with Gasteiger partial charge < -0.3 is 16.0 Å². The van der Waals surface area contributed by atoms with Gasteiger partial charge in [-0.25, -0.2) is 4.39 Å². The van der Waals surface area contributed by atoms with E-state index in [1.807, 2.05) is 6.92 Å². The van der Waals surface area contributed by atoms with Crippen LogP contribution in [0.25, 0.3) is 0 Å². The number of benzene rings is 1. The molecular weight excluding hydrogens is 506 g/mol. The molecule has 0 unspecified atom stereocenters. The molecule has 0 spiro atoms. The Balaban J connectivity index is 1.51. The van der Waals surface area contributed by atoms with Crippen molar-refractivity contribution in [2.75, 3.05) is 11.9 Å². The average molecular weight is 536 g/mol. The van der Waals surface area contributed by atoms with Crippen LogP contribution in [0, 0.1) is 11.7 Å². The second-order valence-corrected chi connectivity index (χ2v) is 9.56. The number of allylic oxidation sites excluding steroid dienone is 1. The van der Waals surface area contributed by atoms with Gasteiger partial charge in [0.05, 0.1) is 11.6 Å². The number of amides is 3. The zero-order valence-corrected chi connectivity index (χ0v) is 21.0. The number of aromatic nitrogens is 2. The molecule has 2 aliphatic rings. The van der Waals surface area contributed by atoms with E-state index < -0.39 is 48.2 Å². The van der Waals surface area contributed by atoms with Crippen LogP contribution in [0.2, 0.25) is 0 Å². The van der Waals surface area contributed by atoms with Crippen molar-refractivity contribution in [1.82, 2.24) is 20.4 Å². The molecular formula is C26H29F4N5O3. The molecule has 2 saturated carbocycles. The Kier molecular flexibility index (Phi) is 7.89. The van der Waals surface area contributed by atoms with Gasteiger partial charge in [-0.05, 0) is 74.8 Å². The average Bonchev–Trinajstić information content (AvgIpc) is 3.81. The van der Waals surface area contributed by atoms with Crippen molar-refractivity contribution in [1.29, 1.82) is 0 Å². The van der Waals surface area contributed by atoms with E-state index in [2.05, 4.69) is 15.7 Å². The molecule has 2 aliphatic carbocycles. The normalized spacial score (nSPS) is 16.4. The summed E-state index contributed by atoms with van der Waals surface area (Å²) in [7, 11) is 0. The standard InChI is InChI=1S/C26H29F4N5O3/c1-3-35-20(10-11-32-35)24(37)34-22(21(15-4-5-15)16-6-7-16)25(38)33-19-9-8-17(12-18(19)27)14(2)23(36)31-13-26(28,29)30/h8-12,14-15,22H,3-7,13H2,1-2H3,(H,31,36)(H,33,38)(H,34,37)/t14-,22-/m0/s1. The second kappa shape index (κ2) is 11.0. The number of carbonyl (C=O) groups excluding carboxylic acids is 3. The molecule has 4 rings (SSSR count). The van der Waals surface area contributed by atoms with Crippen LogP contribution in [-0.4, -0.2) is 46.3 Å². The smallest absolute Gasteiger partial charge is 0.346 e. The third kappa shape index (κ3) is 6.59.